The third-order valence-corrected chi connectivity index (χ3v) is 7.36. The predicted octanol–water partition coefficient (Wildman–Crippen LogP) is 6.31. The van der Waals surface area contributed by atoms with Gasteiger partial charge in [-0.3, -0.25) is 9.18 Å². The molecular weight excluding hydrogens is 527 g/mol. The van der Waals surface area contributed by atoms with E-state index in [9.17, 15) is 14.0 Å². The number of hydrogen-bond acceptors (Lipinski definition) is 6. The highest BCUT2D eigenvalue weighted by molar-refractivity contribution is 5.86. The van der Waals surface area contributed by atoms with Gasteiger partial charge in [-0.15, -0.1) is 0 Å². The van der Waals surface area contributed by atoms with Crippen LogP contribution in [0.4, 0.5) is 9.18 Å². The van der Waals surface area contributed by atoms with E-state index in [1.165, 1.54) is 12.7 Å². The molecule has 0 saturated carbocycles. The van der Waals surface area contributed by atoms with E-state index in [1.54, 1.807) is 27.5 Å². The lowest BCUT2D eigenvalue weighted by Gasteiger charge is -2.38. The molecule has 3 rings (SSSR count). The number of methoxy groups -OCH3 is 3. The number of halogens is 1. The molecule has 236 valence electrons. The minimum atomic E-state index is -0.552. The molecule has 0 bridgehead atoms. The Bertz CT molecular complexity index is 1010. The highest BCUT2D eigenvalue weighted by atomic mass is 19.1. The highest BCUT2D eigenvalue weighted by Crippen LogP contribution is 2.27. The molecule has 41 heavy (non-hydrogen) atoms. The van der Waals surface area contributed by atoms with E-state index in [-0.39, 0.29) is 29.7 Å². The molecule has 2 heterocycles. The number of imidazole rings is 1. The fourth-order valence-electron chi connectivity index (χ4n) is 3.57. The maximum atomic E-state index is 12.2. The third kappa shape index (κ3) is 13.2. The van der Waals surface area contributed by atoms with Crippen molar-refractivity contribution in [2.45, 2.75) is 92.4 Å². The number of ether oxygens (including phenoxy) is 3. The molecule has 2 N–H and O–H groups in total. The van der Waals surface area contributed by atoms with Crippen molar-refractivity contribution in [3.8, 4) is 0 Å². The number of hydrogen-bond donors (Lipinski definition) is 2. The van der Waals surface area contributed by atoms with Crippen molar-refractivity contribution in [2.24, 2.45) is 11.8 Å². The number of carbonyl (C=O) groups is 2. The molecule has 2 aromatic rings. The number of carbonyl (C=O) groups excluding carboxylic acids is 2. The van der Waals surface area contributed by atoms with Gasteiger partial charge in [-0.05, 0) is 77.0 Å². The molecule has 1 saturated heterocycles. The molecular formula is C31H55FN4O5. The number of fused-ring (bicyclic) bond motifs is 1. The van der Waals surface area contributed by atoms with Crippen molar-refractivity contribution in [3.63, 3.8) is 0 Å². The van der Waals surface area contributed by atoms with Crippen molar-refractivity contribution in [1.29, 1.82) is 0 Å². The summed E-state index contributed by atoms with van der Waals surface area (Å²) >= 11 is 0. The highest BCUT2D eigenvalue weighted by Gasteiger charge is 2.37. The topological polar surface area (TPSA) is 106 Å². The fraction of sp³-hybridized carbons (Fsp3) is 0.710. The van der Waals surface area contributed by atoms with E-state index < -0.39 is 12.1 Å². The number of aryl methyl sites for hydroxylation is 1. The zero-order chi connectivity index (χ0) is 31.8. The Morgan fingerprint density at radius 2 is 1.71 bits per heavy atom. The van der Waals surface area contributed by atoms with Gasteiger partial charge >= 0.3 is 6.09 Å². The van der Waals surface area contributed by atoms with Crippen LogP contribution in [-0.2, 0) is 19.0 Å². The number of benzene rings is 1. The largest absolute Gasteiger partial charge is 0.453 e. The lowest BCUT2D eigenvalue weighted by atomic mass is 9.89. The van der Waals surface area contributed by atoms with Crippen molar-refractivity contribution >= 4 is 23.0 Å². The first-order valence-electron chi connectivity index (χ1n) is 14.3. The molecule has 1 aromatic carbocycles. The second kappa shape index (κ2) is 18.7. The zero-order valence-corrected chi connectivity index (χ0v) is 27.4. The van der Waals surface area contributed by atoms with Crippen molar-refractivity contribution in [3.05, 3.63) is 30.1 Å². The maximum absolute atomic E-state index is 12.2. The minimum Gasteiger partial charge on any atom is -0.453 e. The Labute approximate surface area is 246 Å². The minimum absolute atomic E-state index is 0.00486. The van der Waals surface area contributed by atoms with E-state index in [1.807, 2.05) is 52.5 Å². The van der Waals surface area contributed by atoms with Crippen LogP contribution in [0.5, 0.6) is 0 Å². The summed E-state index contributed by atoms with van der Waals surface area (Å²) in [6.07, 6.45) is 2.85. The first-order chi connectivity index (χ1) is 19.1. The SMILES string of the molecule is CCCF.COC(=O)NC(C(=O)N1CC[C@H](C)C1)C(C)C.COC(C)(C)C(C)(C)OC.Cc1ccc2nc[nH]c2c1. The molecule has 1 unspecified atom stereocenters. The van der Waals surface area contributed by atoms with Crippen molar-refractivity contribution < 1.29 is 28.2 Å². The van der Waals surface area contributed by atoms with E-state index >= 15 is 0 Å². The van der Waals surface area contributed by atoms with Crippen LogP contribution >= 0.6 is 0 Å². The number of rotatable bonds is 7. The summed E-state index contributed by atoms with van der Waals surface area (Å²) in [6.45, 7) is 19.3. The van der Waals surface area contributed by atoms with Gasteiger partial charge in [0.2, 0.25) is 5.91 Å². The van der Waals surface area contributed by atoms with Gasteiger partial charge in [0.25, 0.3) is 0 Å². The maximum Gasteiger partial charge on any atom is 0.407 e. The molecule has 0 radical (unpaired) electrons. The number of nitrogens with zero attached hydrogens (tertiary/aromatic N) is 2. The molecule has 2 atom stereocenters. The monoisotopic (exact) mass is 582 g/mol. The van der Waals surface area contributed by atoms with Gasteiger partial charge < -0.3 is 29.4 Å². The number of amides is 2. The fourth-order valence-corrected chi connectivity index (χ4v) is 3.57. The Morgan fingerprint density at radius 1 is 1.15 bits per heavy atom. The van der Waals surface area contributed by atoms with Gasteiger partial charge in [0.1, 0.15) is 6.04 Å². The van der Waals surface area contributed by atoms with Crippen LogP contribution in [0.25, 0.3) is 11.0 Å². The van der Waals surface area contributed by atoms with Crippen LogP contribution < -0.4 is 5.32 Å². The van der Waals surface area contributed by atoms with Gasteiger partial charge in [0.05, 0.1) is 42.3 Å². The molecule has 9 nitrogen and oxygen atoms in total. The smallest absolute Gasteiger partial charge is 0.407 e. The standard InChI is InChI=1S/C12H22N2O3.C8H8N2.C8H18O2.C3H7F/c1-8(2)10(13-12(16)17-4)11(15)14-6-5-9(3)7-14;1-6-2-3-7-8(4-6)10-5-9-7;1-7(2,9-5)8(3,4)10-6;1-2-3-4/h8-10H,5-7H2,1-4H3,(H,13,16);2-5H,1H3,(H,9,10);1-6H3;2-3H2,1H3/t9-,10?;;;/m0.../s1. The van der Waals surface area contributed by atoms with E-state index in [4.69, 9.17) is 9.47 Å². The molecule has 0 spiro atoms. The van der Waals surface area contributed by atoms with Crippen molar-refractivity contribution in [2.75, 3.05) is 41.1 Å². The molecule has 2 amide bonds. The van der Waals surface area contributed by atoms with Crippen LogP contribution in [0.1, 0.15) is 73.8 Å². The van der Waals surface area contributed by atoms with Crippen LogP contribution in [0.3, 0.4) is 0 Å². The Kier molecular flexibility index (Phi) is 17.4. The van der Waals surface area contributed by atoms with Gasteiger partial charge in [-0.1, -0.05) is 33.8 Å². The summed E-state index contributed by atoms with van der Waals surface area (Å²) < 4.78 is 25.8. The number of nitrogens with one attached hydrogen (secondary N) is 2. The molecule has 1 aliphatic heterocycles. The van der Waals surface area contributed by atoms with E-state index in [0.29, 0.717) is 12.3 Å². The van der Waals surface area contributed by atoms with Gasteiger partial charge in [-0.25, -0.2) is 9.78 Å². The zero-order valence-electron chi connectivity index (χ0n) is 27.4. The summed E-state index contributed by atoms with van der Waals surface area (Å²) in [4.78, 5) is 32.4. The number of alkyl carbamates (subject to hydrolysis) is 1. The molecule has 0 aliphatic carbocycles. The summed E-state index contributed by atoms with van der Waals surface area (Å²) in [5.74, 6) is 0.595. The average Bonchev–Trinajstić information content (AvgIpc) is 3.60. The molecule has 1 aromatic heterocycles. The number of aromatic nitrogens is 2. The number of alkyl halides is 1. The number of aromatic amines is 1. The second-order valence-corrected chi connectivity index (χ2v) is 11.6. The summed E-state index contributed by atoms with van der Waals surface area (Å²) in [5.41, 5.74) is 2.94. The lowest BCUT2D eigenvalue weighted by Crippen LogP contribution is -2.50. The van der Waals surface area contributed by atoms with E-state index in [0.717, 1.165) is 30.5 Å². The first-order valence-corrected chi connectivity index (χ1v) is 14.3. The number of H-pyrrole nitrogens is 1. The molecule has 1 fully saturated rings. The average molecular weight is 583 g/mol. The predicted molar refractivity (Wildman–Crippen MR) is 164 cm³/mol. The van der Waals surface area contributed by atoms with Crippen LogP contribution in [0.2, 0.25) is 0 Å². The quantitative estimate of drug-likeness (QED) is 0.396. The van der Waals surface area contributed by atoms with Gasteiger partial charge in [-0.2, -0.15) is 0 Å². The van der Waals surface area contributed by atoms with Gasteiger partial charge in [0.15, 0.2) is 0 Å². The second-order valence-electron chi connectivity index (χ2n) is 11.6. The Hall–Kier alpha value is -2.72. The van der Waals surface area contributed by atoms with Crippen LogP contribution in [-0.4, -0.2) is 85.2 Å². The summed E-state index contributed by atoms with van der Waals surface area (Å²) in [7, 11) is 4.69. The van der Waals surface area contributed by atoms with Gasteiger partial charge in [0, 0.05) is 27.3 Å². The summed E-state index contributed by atoms with van der Waals surface area (Å²) in [6, 6.07) is 5.67. The summed E-state index contributed by atoms with van der Waals surface area (Å²) in [5, 5.41) is 2.61. The number of likely N-dealkylation sites (tertiary alicyclic amines) is 1. The lowest BCUT2D eigenvalue weighted by molar-refractivity contribution is -0.147. The molecule has 1 aliphatic rings. The van der Waals surface area contributed by atoms with E-state index in [2.05, 4.69) is 46.0 Å². The van der Waals surface area contributed by atoms with Crippen LogP contribution in [0, 0.1) is 18.8 Å². The Balaban J connectivity index is 0.000000574. The van der Waals surface area contributed by atoms with Crippen LogP contribution in [0.15, 0.2) is 24.5 Å². The first kappa shape index (κ1) is 38.3. The Morgan fingerprint density at radius 3 is 2.12 bits per heavy atom. The molecule has 10 heteroatoms. The third-order valence-electron chi connectivity index (χ3n) is 7.36. The van der Waals surface area contributed by atoms with Crippen molar-refractivity contribution in [1.82, 2.24) is 20.2 Å². The normalized spacial score (nSPS) is 15.6.